The van der Waals surface area contributed by atoms with Gasteiger partial charge in [0.25, 0.3) is 0 Å². The average Bonchev–Trinajstić information content (AvgIpc) is 2.96. The number of hydrogen-bond donors (Lipinski definition) is 2. The second kappa shape index (κ2) is 7.64. The highest BCUT2D eigenvalue weighted by Gasteiger charge is 2.04. The van der Waals surface area contributed by atoms with Crippen molar-refractivity contribution in [3.05, 3.63) is 47.0 Å². The van der Waals surface area contributed by atoms with Gasteiger partial charge in [0.15, 0.2) is 11.8 Å². The zero-order valence-electron chi connectivity index (χ0n) is 12.2. The number of nitrogens with zero attached hydrogens (tertiary/aromatic N) is 4. The van der Waals surface area contributed by atoms with Crippen molar-refractivity contribution in [1.82, 2.24) is 25.4 Å². The predicted molar refractivity (Wildman–Crippen MR) is 84.2 cm³/mol. The SMILES string of the molecule is CCn1cnnc1CNC(=NC)NCc1ccc(Cl)cc1. The van der Waals surface area contributed by atoms with Crippen molar-refractivity contribution in [2.75, 3.05) is 7.05 Å². The molecule has 0 bridgehead atoms. The molecule has 0 saturated heterocycles. The molecule has 1 heterocycles. The molecule has 2 rings (SSSR count). The van der Waals surface area contributed by atoms with Crippen LogP contribution in [0.5, 0.6) is 0 Å². The molecule has 0 aliphatic rings. The summed E-state index contributed by atoms with van der Waals surface area (Å²) in [7, 11) is 1.74. The van der Waals surface area contributed by atoms with E-state index in [9.17, 15) is 0 Å². The Morgan fingerprint density at radius 1 is 1.24 bits per heavy atom. The van der Waals surface area contributed by atoms with Gasteiger partial charge >= 0.3 is 0 Å². The number of nitrogens with one attached hydrogen (secondary N) is 2. The summed E-state index contributed by atoms with van der Waals surface area (Å²) in [6.45, 7) is 4.16. The molecule has 1 aromatic heterocycles. The third kappa shape index (κ3) is 4.46. The van der Waals surface area contributed by atoms with Gasteiger partial charge in [0, 0.05) is 25.2 Å². The first-order valence-corrected chi connectivity index (χ1v) is 7.16. The number of guanidine groups is 1. The Bertz CT molecular complexity index is 590. The van der Waals surface area contributed by atoms with E-state index in [0.29, 0.717) is 13.1 Å². The molecule has 0 radical (unpaired) electrons. The maximum absolute atomic E-state index is 5.87. The lowest BCUT2D eigenvalue weighted by atomic mass is 10.2. The molecule has 0 amide bonds. The van der Waals surface area contributed by atoms with E-state index < -0.39 is 0 Å². The molecule has 0 fully saturated rings. The summed E-state index contributed by atoms with van der Waals surface area (Å²) in [5.74, 6) is 1.60. The molecule has 1 aromatic carbocycles. The fourth-order valence-corrected chi connectivity index (χ4v) is 1.98. The van der Waals surface area contributed by atoms with Crippen molar-refractivity contribution in [2.45, 2.75) is 26.6 Å². The quantitative estimate of drug-likeness (QED) is 0.653. The van der Waals surface area contributed by atoms with Gasteiger partial charge in [-0.1, -0.05) is 23.7 Å². The van der Waals surface area contributed by atoms with Crippen molar-refractivity contribution < 1.29 is 0 Å². The zero-order valence-corrected chi connectivity index (χ0v) is 12.9. The standard InChI is InChI=1S/C14H19ClN6/c1-3-21-10-19-20-13(21)9-18-14(16-2)17-8-11-4-6-12(15)7-5-11/h4-7,10H,3,8-9H2,1-2H3,(H2,16,17,18). The topological polar surface area (TPSA) is 67.1 Å². The summed E-state index contributed by atoms with van der Waals surface area (Å²) in [5, 5.41) is 15.2. The Morgan fingerprint density at radius 3 is 2.62 bits per heavy atom. The van der Waals surface area contributed by atoms with Crippen LogP contribution in [-0.4, -0.2) is 27.8 Å². The minimum atomic E-state index is 0.578. The number of aromatic nitrogens is 3. The largest absolute Gasteiger partial charge is 0.352 e. The number of aliphatic imine (C=N–C) groups is 1. The molecule has 0 spiro atoms. The Morgan fingerprint density at radius 2 is 1.95 bits per heavy atom. The molecule has 0 saturated carbocycles. The van der Waals surface area contributed by atoms with Gasteiger partial charge in [0.2, 0.25) is 0 Å². The molecule has 0 aliphatic heterocycles. The minimum Gasteiger partial charge on any atom is -0.352 e. The van der Waals surface area contributed by atoms with Crippen molar-refractivity contribution in [1.29, 1.82) is 0 Å². The van der Waals surface area contributed by atoms with Gasteiger partial charge in [-0.3, -0.25) is 4.99 Å². The first kappa shape index (κ1) is 15.3. The highest BCUT2D eigenvalue weighted by molar-refractivity contribution is 6.30. The van der Waals surface area contributed by atoms with E-state index in [-0.39, 0.29) is 0 Å². The van der Waals surface area contributed by atoms with Crippen molar-refractivity contribution in [3.63, 3.8) is 0 Å². The van der Waals surface area contributed by atoms with Crippen LogP contribution in [0.25, 0.3) is 0 Å². The molecular formula is C14H19ClN6. The van der Waals surface area contributed by atoms with Crippen LogP contribution in [0.2, 0.25) is 5.02 Å². The van der Waals surface area contributed by atoms with Crippen LogP contribution < -0.4 is 10.6 Å². The van der Waals surface area contributed by atoms with Crippen LogP contribution in [0.15, 0.2) is 35.6 Å². The third-order valence-electron chi connectivity index (χ3n) is 3.05. The van der Waals surface area contributed by atoms with Crippen LogP contribution in [-0.2, 0) is 19.6 Å². The molecule has 2 aromatic rings. The number of hydrogen-bond acceptors (Lipinski definition) is 3. The summed E-state index contributed by atoms with van der Waals surface area (Å²) < 4.78 is 1.99. The molecule has 0 unspecified atom stereocenters. The molecule has 0 aliphatic carbocycles. The van der Waals surface area contributed by atoms with E-state index in [0.717, 1.165) is 28.9 Å². The third-order valence-corrected chi connectivity index (χ3v) is 3.30. The van der Waals surface area contributed by atoms with Gasteiger partial charge in [-0.25, -0.2) is 0 Å². The maximum atomic E-state index is 5.87. The van der Waals surface area contributed by atoms with Gasteiger partial charge in [-0.05, 0) is 24.6 Å². The Hall–Kier alpha value is -2.08. The number of aryl methyl sites for hydroxylation is 1. The summed E-state index contributed by atoms with van der Waals surface area (Å²) in [6, 6.07) is 7.71. The molecule has 2 N–H and O–H groups in total. The summed E-state index contributed by atoms with van der Waals surface area (Å²) in [5.41, 5.74) is 1.14. The van der Waals surface area contributed by atoms with Crippen LogP contribution in [0.1, 0.15) is 18.3 Å². The van der Waals surface area contributed by atoms with Crippen molar-refractivity contribution in [2.24, 2.45) is 4.99 Å². The van der Waals surface area contributed by atoms with Gasteiger partial charge in [-0.15, -0.1) is 10.2 Å². The van der Waals surface area contributed by atoms with Gasteiger partial charge in [-0.2, -0.15) is 0 Å². The number of benzene rings is 1. The van der Waals surface area contributed by atoms with E-state index in [2.05, 4.69) is 32.7 Å². The molecule has 6 nitrogen and oxygen atoms in total. The first-order valence-electron chi connectivity index (χ1n) is 6.78. The lowest BCUT2D eigenvalue weighted by molar-refractivity contribution is 0.670. The van der Waals surface area contributed by atoms with E-state index in [1.54, 1.807) is 13.4 Å². The average molecular weight is 307 g/mol. The predicted octanol–water partition coefficient (Wildman–Crippen LogP) is 1.82. The second-order valence-corrected chi connectivity index (χ2v) is 4.88. The highest BCUT2D eigenvalue weighted by atomic mass is 35.5. The zero-order chi connectivity index (χ0) is 15.1. The lowest BCUT2D eigenvalue weighted by Gasteiger charge is -2.12. The van der Waals surface area contributed by atoms with Crippen molar-refractivity contribution in [3.8, 4) is 0 Å². The van der Waals surface area contributed by atoms with Crippen LogP contribution in [0.4, 0.5) is 0 Å². The second-order valence-electron chi connectivity index (χ2n) is 4.44. The van der Waals surface area contributed by atoms with E-state index in [1.807, 2.05) is 28.8 Å². The molecule has 0 atom stereocenters. The minimum absolute atomic E-state index is 0.578. The fourth-order valence-electron chi connectivity index (χ4n) is 1.85. The smallest absolute Gasteiger partial charge is 0.191 e. The van der Waals surface area contributed by atoms with E-state index in [1.165, 1.54) is 0 Å². The normalized spacial score (nSPS) is 11.5. The van der Waals surface area contributed by atoms with E-state index in [4.69, 9.17) is 11.6 Å². The maximum Gasteiger partial charge on any atom is 0.191 e. The Labute approximate surface area is 129 Å². The fraction of sp³-hybridized carbons (Fsp3) is 0.357. The van der Waals surface area contributed by atoms with Crippen LogP contribution in [0.3, 0.4) is 0 Å². The first-order chi connectivity index (χ1) is 10.2. The summed E-state index contributed by atoms with van der Waals surface area (Å²) in [6.07, 6.45) is 1.72. The molecule has 7 heteroatoms. The van der Waals surface area contributed by atoms with E-state index >= 15 is 0 Å². The van der Waals surface area contributed by atoms with Gasteiger partial charge < -0.3 is 15.2 Å². The monoisotopic (exact) mass is 306 g/mol. The number of halogens is 1. The lowest BCUT2D eigenvalue weighted by Crippen LogP contribution is -2.36. The highest BCUT2D eigenvalue weighted by Crippen LogP contribution is 2.09. The number of rotatable bonds is 5. The Balaban J connectivity index is 1.85. The summed E-state index contributed by atoms with van der Waals surface area (Å²) in [4.78, 5) is 4.19. The summed E-state index contributed by atoms with van der Waals surface area (Å²) >= 11 is 5.87. The molecule has 21 heavy (non-hydrogen) atoms. The Kier molecular flexibility index (Phi) is 5.57. The van der Waals surface area contributed by atoms with Crippen molar-refractivity contribution >= 4 is 17.6 Å². The molecule has 112 valence electrons. The van der Waals surface area contributed by atoms with Crippen LogP contribution >= 0.6 is 11.6 Å². The van der Waals surface area contributed by atoms with Gasteiger partial charge in [0.05, 0.1) is 6.54 Å². The van der Waals surface area contributed by atoms with Gasteiger partial charge in [0.1, 0.15) is 6.33 Å². The van der Waals surface area contributed by atoms with Crippen LogP contribution in [0, 0.1) is 0 Å². The molecular weight excluding hydrogens is 288 g/mol.